The second kappa shape index (κ2) is 14.6. The number of aliphatic hydroxyl groups is 2. The number of carbonyl (C=O) groups is 1. The average Bonchev–Trinajstić information content (AvgIpc) is 3.41. The van der Waals surface area contributed by atoms with Crippen LogP contribution in [0.25, 0.3) is 0 Å². The standard InChI is InChI=1S/C24H44O8S/c1-3-4-5-6-7-8-9-10-11-18(25)19(26)12-13-23(32-33(2,28)29)22-15-14-20(30-22)21-16-17-24(27)31-21/h18-23,25-26H,3-17H2,1-2H3/t18-,19+,20-,21+,22-,23-/m0/s1. The molecule has 8 nitrogen and oxygen atoms in total. The number of aliphatic hydroxyl groups excluding tert-OH is 2. The molecule has 0 saturated carbocycles. The zero-order chi connectivity index (χ0) is 24.3. The fourth-order valence-electron chi connectivity index (χ4n) is 4.77. The van der Waals surface area contributed by atoms with Crippen LogP contribution in [-0.2, 0) is 28.6 Å². The van der Waals surface area contributed by atoms with E-state index >= 15 is 0 Å². The Morgan fingerprint density at radius 2 is 1.55 bits per heavy atom. The topological polar surface area (TPSA) is 119 Å². The number of hydrogen-bond donors (Lipinski definition) is 2. The summed E-state index contributed by atoms with van der Waals surface area (Å²) in [4.78, 5) is 11.4. The predicted molar refractivity (Wildman–Crippen MR) is 125 cm³/mol. The van der Waals surface area contributed by atoms with Crippen LogP contribution in [-0.4, -0.2) is 67.5 Å². The Bertz CT molecular complexity index is 667. The summed E-state index contributed by atoms with van der Waals surface area (Å²) in [7, 11) is -3.71. The van der Waals surface area contributed by atoms with E-state index in [0.29, 0.717) is 32.1 Å². The van der Waals surface area contributed by atoms with Gasteiger partial charge in [0.2, 0.25) is 0 Å². The highest BCUT2D eigenvalue weighted by molar-refractivity contribution is 7.86. The quantitative estimate of drug-likeness (QED) is 0.179. The van der Waals surface area contributed by atoms with E-state index in [1.165, 1.54) is 32.1 Å². The van der Waals surface area contributed by atoms with Crippen molar-refractivity contribution in [1.82, 2.24) is 0 Å². The van der Waals surface area contributed by atoms with Crippen LogP contribution < -0.4 is 0 Å². The van der Waals surface area contributed by atoms with Gasteiger partial charge >= 0.3 is 5.97 Å². The minimum absolute atomic E-state index is 0.224. The van der Waals surface area contributed by atoms with Gasteiger partial charge in [0.1, 0.15) is 12.2 Å². The molecule has 0 aromatic carbocycles. The Hall–Kier alpha value is -0.740. The Morgan fingerprint density at radius 1 is 0.909 bits per heavy atom. The summed E-state index contributed by atoms with van der Waals surface area (Å²) in [5.41, 5.74) is 0. The van der Waals surface area contributed by atoms with Crippen LogP contribution in [0.2, 0.25) is 0 Å². The predicted octanol–water partition coefficient (Wildman–Crippen LogP) is 3.62. The molecule has 33 heavy (non-hydrogen) atoms. The number of carbonyl (C=O) groups excluding carboxylic acids is 1. The van der Waals surface area contributed by atoms with E-state index in [0.717, 1.165) is 25.5 Å². The first-order chi connectivity index (χ1) is 15.7. The molecule has 0 aromatic heterocycles. The number of cyclic esters (lactones) is 1. The van der Waals surface area contributed by atoms with Crippen LogP contribution in [0.15, 0.2) is 0 Å². The van der Waals surface area contributed by atoms with Crippen molar-refractivity contribution in [2.45, 2.75) is 140 Å². The minimum atomic E-state index is -3.71. The first kappa shape index (κ1) is 28.5. The molecule has 2 saturated heterocycles. The lowest BCUT2D eigenvalue weighted by molar-refractivity contribution is -0.148. The molecule has 2 N–H and O–H groups in total. The largest absolute Gasteiger partial charge is 0.460 e. The Labute approximate surface area is 199 Å². The van der Waals surface area contributed by atoms with E-state index in [1.54, 1.807) is 0 Å². The molecule has 194 valence electrons. The lowest BCUT2D eigenvalue weighted by Crippen LogP contribution is -2.35. The third kappa shape index (κ3) is 11.0. The number of esters is 1. The van der Waals surface area contributed by atoms with Gasteiger partial charge in [-0.3, -0.25) is 8.98 Å². The highest BCUT2D eigenvalue weighted by atomic mass is 32.2. The van der Waals surface area contributed by atoms with Gasteiger partial charge in [0.15, 0.2) is 0 Å². The molecule has 2 aliphatic heterocycles. The highest BCUT2D eigenvalue weighted by Gasteiger charge is 2.41. The van der Waals surface area contributed by atoms with Gasteiger partial charge in [-0.25, -0.2) is 0 Å². The molecular weight excluding hydrogens is 448 g/mol. The molecular formula is C24H44O8S. The van der Waals surface area contributed by atoms with Crippen molar-refractivity contribution in [1.29, 1.82) is 0 Å². The first-order valence-electron chi connectivity index (χ1n) is 12.8. The van der Waals surface area contributed by atoms with Crippen LogP contribution in [0.3, 0.4) is 0 Å². The Morgan fingerprint density at radius 3 is 2.15 bits per heavy atom. The SMILES string of the molecule is CCCCCCCCCC[C@H](O)[C@H](O)CC[C@H](OS(C)(=O)=O)[C@@H]1CC[C@@H]([C@H]2CCC(=O)O2)O1. The number of unbranched alkanes of at least 4 members (excludes halogenated alkanes) is 7. The van der Waals surface area contributed by atoms with Crippen molar-refractivity contribution >= 4 is 16.1 Å². The normalized spacial score (nSPS) is 26.3. The maximum absolute atomic E-state index is 11.8. The summed E-state index contributed by atoms with van der Waals surface area (Å²) in [5.74, 6) is -0.232. The maximum atomic E-state index is 11.8. The fourth-order valence-corrected chi connectivity index (χ4v) is 5.44. The van der Waals surface area contributed by atoms with Gasteiger partial charge in [-0.2, -0.15) is 8.42 Å². The molecule has 2 aliphatic rings. The van der Waals surface area contributed by atoms with Crippen molar-refractivity contribution in [2.75, 3.05) is 6.26 Å². The van der Waals surface area contributed by atoms with Crippen molar-refractivity contribution in [3.05, 3.63) is 0 Å². The van der Waals surface area contributed by atoms with Crippen molar-refractivity contribution < 1.29 is 37.1 Å². The first-order valence-corrected chi connectivity index (χ1v) is 14.6. The zero-order valence-corrected chi connectivity index (χ0v) is 21.1. The van der Waals surface area contributed by atoms with E-state index in [1.807, 2.05) is 0 Å². The summed E-state index contributed by atoms with van der Waals surface area (Å²) < 4.78 is 40.2. The van der Waals surface area contributed by atoms with E-state index in [-0.39, 0.29) is 31.0 Å². The van der Waals surface area contributed by atoms with Crippen molar-refractivity contribution in [2.24, 2.45) is 0 Å². The molecule has 6 atom stereocenters. The van der Waals surface area contributed by atoms with Gasteiger partial charge in [0.25, 0.3) is 10.1 Å². The molecule has 0 aromatic rings. The van der Waals surface area contributed by atoms with Crippen molar-refractivity contribution in [3.8, 4) is 0 Å². The van der Waals surface area contributed by atoms with E-state index in [4.69, 9.17) is 13.7 Å². The third-order valence-electron chi connectivity index (χ3n) is 6.67. The van der Waals surface area contributed by atoms with Crippen LogP contribution in [0.5, 0.6) is 0 Å². The average molecular weight is 493 g/mol. The molecule has 0 amide bonds. The van der Waals surface area contributed by atoms with Gasteiger partial charge in [-0.1, -0.05) is 58.3 Å². The molecule has 0 bridgehead atoms. The highest BCUT2D eigenvalue weighted by Crippen LogP contribution is 2.33. The zero-order valence-electron chi connectivity index (χ0n) is 20.3. The molecule has 0 spiro atoms. The van der Waals surface area contributed by atoms with Crippen LogP contribution >= 0.6 is 0 Å². The van der Waals surface area contributed by atoms with Crippen LogP contribution in [0.4, 0.5) is 0 Å². The lowest BCUT2D eigenvalue weighted by atomic mass is 9.97. The molecule has 2 rings (SSSR count). The summed E-state index contributed by atoms with van der Waals surface area (Å²) in [6.45, 7) is 2.20. The van der Waals surface area contributed by atoms with Crippen LogP contribution in [0, 0.1) is 0 Å². The van der Waals surface area contributed by atoms with Gasteiger partial charge in [-0.05, 0) is 38.5 Å². The molecule has 2 fully saturated rings. The summed E-state index contributed by atoms with van der Waals surface area (Å²) >= 11 is 0. The van der Waals surface area contributed by atoms with Gasteiger partial charge in [-0.15, -0.1) is 0 Å². The Balaban J connectivity index is 1.72. The maximum Gasteiger partial charge on any atom is 0.306 e. The second-order valence-electron chi connectivity index (χ2n) is 9.67. The van der Waals surface area contributed by atoms with E-state index in [2.05, 4.69) is 6.92 Å². The van der Waals surface area contributed by atoms with Crippen molar-refractivity contribution in [3.63, 3.8) is 0 Å². The lowest BCUT2D eigenvalue weighted by Gasteiger charge is -2.26. The molecule has 9 heteroatoms. The minimum Gasteiger partial charge on any atom is -0.460 e. The van der Waals surface area contributed by atoms with Crippen LogP contribution in [0.1, 0.15) is 103 Å². The number of rotatable bonds is 17. The van der Waals surface area contributed by atoms with Gasteiger partial charge in [0.05, 0.1) is 30.7 Å². The number of hydrogen-bond acceptors (Lipinski definition) is 8. The number of ether oxygens (including phenoxy) is 2. The Kier molecular flexibility index (Phi) is 12.6. The van der Waals surface area contributed by atoms with Gasteiger partial charge < -0.3 is 19.7 Å². The second-order valence-corrected chi connectivity index (χ2v) is 11.3. The molecule has 0 unspecified atom stereocenters. The monoisotopic (exact) mass is 492 g/mol. The molecule has 0 radical (unpaired) electrons. The summed E-state index contributed by atoms with van der Waals surface area (Å²) in [6.07, 6.45) is 10.1. The summed E-state index contributed by atoms with van der Waals surface area (Å²) in [5, 5.41) is 20.7. The van der Waals surface area contributed by atoms with E-state index < -0.39 is 34.5 Å². The molecule has 2 heterocycles. The van der Waals surface area contributed by atoms with E-state index in [9.17, 15) is 23.4 Å². The third-order valence-corrected chi connectivity index (χ3v) is 7.27. The molecule has 0 aliphatic carbocycles. The fraction of sp³-hybridized carbons (Fsp3) is 0.958. The summed E-state index contributed by atoms with van der Waals surface area (Å²) in [6, 6.07) is 0. The smallest absolute Gasteiger partial charge is 0.306 e. The van der Waals surface area contributed by atoms with Gasteiger partial charge in [0, 0.05) is 6.42 Å².